The molecule has 2 aliphatic heterocycles. The van der Waals surface area contributed by atoms with E-state index in [2.05, 4.69) is 42.2 Å². The third-order valence-electron chi connectivity index (χ3n) is 11.0. The Hall–Kier alpha value is -6.21. The molecule has 0 unspecified atom stereocenters. The quantitative estimate of drug-likeness (QED) is 0.0629. The Morgan fingerprint density at radius 3 is 2.22 bits per heavy atom. The predicted octanol–water partition coefficient (Wildman–Crippen LogP) is -3.89. The van der Waals surface area contributed by atoms with Crippen LogP contribution >= 0.6 is 0 Å². The molecule has 0 saturated carbocycles. The molecule has 6 atom stereocenters. The Labute approximate surface area is 389 Å². The number of fused-ring (bicyclic) bond motifs is 3. The first-order chi connectivity index (χ1) is 32.1. The average molecular weight is 947 g/mol. The predicted molar refractivity (Wildman–Crippen MR) is 240 cm³/mol. The van der Waals surface area contributed by atoms with Crippen molar-refractivity contribution in [3.05, 3.63) is 23.7 Å². The minimum atomic E-state index is -1.46. The number of hydrogen-bond acceptors (Lipinski definition) is 15. The van der Waals surface area contributed by atoms with Crippen LogP contribution in [0.5, 0.6) is 0 Å². The highest BCUT2D eigenvalue weighted by atomic mass is 16.5. The SMILES string of the molecule is CCCOCCOCC(=O)N[C@H]1Cc2cn(nn2)CCCC[C@@H](C(N)=O)NC(=O)[C@@H]2CCCN2C(=O)CNC(=O)[C@H](C/C(C)=C/N)NC(=O)[C@H](CCCCN)NC(=O)[C@H](CCC(N)=O)NC1=O. The summed E-state index contributed by atoms with van der Waals surface area (Å²) in [5.41, 5.74) is 23.3. The molecule has 1 fully saturated rings. The van der Waals surface area contributed by atoms with Crippen molar-refractivity contribution >= 4 is 53.2 Å². The number of nitrogens with two attached hydrogens (primary N) is 4. The molecule has 374 valence electrons. The molecule has 67 heavy (non-hydrogen) atoms. The Balaban J connectivity index is 2.00. The summed E-state index contributed by atoms with van der Waals surface area (Å²) in [6.45, 7) is 4.24. The number of aryl methyl sites for hydroxylation is 1. The van der Waals surface area contributed by atoms with E-state index in [4.69, 9.17) is 32.4 Å². The number of hydrogen-bond donors (Lipinski definition) is 10. The lowest BCUT2D eigenvalue weighted by molar-refractivity contribution is -0.140. The second-order valence-electron chi connectivity index (χ2n) is 16.6. The van der Waals surface area contributed by atoms with Gasteiger partial charge >= 0.3 is 0 Å². The van der Waals surface area contributed by atoms with Crippen molar-refractivity contribution in [3.8, 4) is 0 Å². The lowest BCUT2D eigenvalue weighted by atomic mass is 10.0. The molecule has 0 aromatic carbocycles. The molecule has 1 aromatic heterocycles. The van der Waals surface area contributed by atoms with Crippen molar-refractivity contribution in [2.24, 2.45) is 22.9 Å². The van der Waals surface area contributed by atoms with Crippen molar-refractivity contribution in [2.75, 3.05) is 46.1 Å². The first-order valence-electron chi connectivity index (χ1n) is 22.8. The molecule has 1 saturated heterocycles. The maximum absolute atomic E-state index is 14.1. The molecular weight excluding hydrogens is 877 g/mol. The molecule has 3 rings (SSSR count). The van der Waals surface area contributed by atoms with Gasteiger partial charge in [0.25, 0.3) is 0 Å². The van der Waals surface area contributed by atoms with Gasteiger partial charge in [-0.05, 0) is 90.3 Å². The second kappa shape index (κ2) is 29.4. The first-order valence-corrected chi connectivity index (χ1v) is 22.8. The highest BCUT2D eigenvalue weighted by Gasteiger charge is 2.37. The van der Waals surface area contributed by atoms with Gasteiger partial charge in [-0.1, -0.05) is 17.7 Å². The molecule has 0 aliphatic carbocycles. The number of aromatic nitrogens is 3. The number of unbranched alkanes of at least 4 members (excludes halogenated alkanes) is 1. The summed E-state index contributed by atoms with van der Waals surface area (Å²) in [4.78, 5) is 122. The van der Waals surface area contributed by atoms with Crippen molar-refractivity contribution in [3.63, 3.8) is 0 Å². The number of amides is 9. The first kappa shape index (κ1) is 55.1. The Morgan fingerprint density at radius 1 is 0.836 bits per heavy atom. The monoisotopic (exact) mass is 947 g/mol. The summed E-state index contributed by atoms with van der Waals surface area (Å²) in [6, 6.07) is -7.39. The van der Waals surface area contributed by atoms with Gasteiger partial charge in [-0.2, -0.15) is 0 Å². The van der Waals surface area contributed by atoms with E-state index in [-0.39, 0.29) is 70.5 Å². The summed E-state index contributed by atoms with van der Waals surface area (Å²) in [7, 11) is 0. The number of ether oxygens (including phenoxy) is 2. The van der Waals surface area contributed by atoms with Gasteiger partial charge in [0.2, 0.25) is 53.2 Å². The molecule has 3 heterocycles. The molecule has 1 aromatic rings. The van der Waals surface area contributed by atoms with Gasteiger partial charge in [-0.25, -0.2) is 0 Å². The van der Waals surface area contributed by atoms with E-state index in [9.17, 15) is 43.2 Å². The summed E-state index contributed by atoms with van der Waals surface area (Å²) >= 11 is 0. The van der Waals surface area contributed by atoms with E-state index in [1.807, 2.05) is 6.92 Å². The van der Waals surface area contributed by atoms with Gasteiger partial charge in [0.1, 0.15) is 42.9 Å². The van der Waals surface area contributed by atoms with Gasteiger partial charge < -0.3 is 69.2 Å². The van der Waals surface area contributed by atoms with Crippen LogP contribution in [0.4, 0.5) is 0 Å². The number of carbonyl (C=O) groups is 9. The fourth-order valence-electron chi connectivity index (χ4n) is 7.36. The van der Waals surface area contributed by atoms with Crippen LogP contribution < -0.4 is 54.8 Å². The largest absolute Gasteiger partial charge is 0.405 e. The Bertz CT molecular complexity index is 1880. The lowest BCUT2D eigenvalue weighted by Crippen LogP contribution is -2.59. The topological polar surface area (TPSA) is 382 Å². The zero-order valence-electron chi connectivity index (χ0n) is 38.6. The van der Waals surface area contributed by atoms with E-state index in [1.165, 1.54) is 15.8 Å². The van der Waals surface area contributed by atoms with Gasteiger partial charge in [0, 0.05) is 38.7 Å². The van der Waals surface area contributed by atoms with Gasteiger partial charge in [-0.15, -0.1) is 5.10 Å². The van der Waals surface area contributed by atoms with E-state index in [0.29, 0.717) is 57.2 Å². The van der Waals surface area contributed by atoms with Crippen molar-refractivity contribution in [1.82, 2.24) is 51.8 Å². The maximum Gasteiger partial charge on any atom is 0.246 e. The maximum atomic E-state index is 14.1. The summed E-state index contributed by atoms with van der Waals surface area (Å²) in [6.07, 6.45) is 5.33. The lowest BCUT2D eigenvalue weighted by Gasteiger charge is -2.27. The number of primary amides is 2. The molecule has 0 radical (unpaired) electrons. The van der Waals surface area contributed by atoms with Crippen LogP contribution in [0.25, 0.3) is 0 Å². The fraction of sp³-hybridized carbons (Fsp3) is 0.690. The minimum Gasteiger partial charge on any atom is -0.405 e. The van der Waals surface area contributed by atoms with E-state index >= 15 is 0 Å². The smallest absolute Gasteiger partial charge is 0.246 e. The van der Waals surface area contributed by atoms with E-state index in [0.717, 1.165) is 6.42 Å². The molecular formula is C42H70N14O11. The molecule has 2 aliphatic rings. The molecule has 0 spiro atoms. The van der Waals surface area contributed by atoms with Crippen molar-refractivity contribution < 1.29 is 52.6 Å². The van der Waals surface area contributed by atoms with Crippen LogP contribution in [0.2, 0.25) is 0 Å². The van der Waals surface area contributed by atoms with Crippen LogP contribution in [-0.4, -0.2) is 155 Å². The summed E-state index contributed by atoms with van der Waals surface area (Å²) < 4.78 is 12.3. The fourth-order valence-corrected chi connectivity index (χ4v) is 7.36. The van der Waals surface area contributed by atoms with Crippen molar-refractivity contribution in [2.45, 2.75) is 140 Å². The third-order valence-corrected chi connectivity index (χ3v) is 11.0. The second-order valence-corrected chi connectivity index (χ2v) is 16.6. The molecule has 9 amide bonds. The van der Waals surface area contributed by atoms with Gasteiger partial charge in [0.15, 0.2) is 0 Å². The van der Waals surface area contributed by atoms with Crippen LogP contribution in [0.3, 0.4) is 0 Å². The molecule has 14 N–H and O–H groups in total. The minimum absolute atomic E-state index is 0.0383. The highest BCUT2D eigenvalue weighted by molar-refractivity contribution is 5.97. The number of nitrogens with one attached hydrogen (secondary N) is 6. The number of rotatable bonds is 18. The van der Waals surface area contributed by atoms with Crippen LogP contribution in [0, 0.1) is 0 Å². The molecule has 25 heteroatoms. The average Bonchev–Trinajstić information content (AvgIpc) is 3.98. The van der Waals surface area contributed by atoms with E-state index < -0.39 is 103 Å². The van der Waals surface area contributed by atoms with Gasteiger partial charge in [0.05, 0.1) is 25.5 Å². The van der Waals surface area contributed by atoms with Gasteiger partial charge in [-0.3, -0.25) is 47.8 Å². The molecule has 25 nitrogen and oxygen atoms in total. The van der Waals surface area contributed by atoms with Crippen LogP contribution in [0.1, 0.15) is 96.6 Å². The standard InChI is InChI=1S/C42H70N14O11/c1-3-17-66-18-19-67-25-35(58)48-32-21-27-24-55(54-53-27)15-7-5-9-28(37(46)60)49-42(65)33-11-8-16-56(33)36(59)23-47-38(61)31(20-26(2)22-44)52-39(62)29(10-4-6-14-43)50-40(63)30(51-41(32)64)12-13-34(45)57/h22,24,28-33H,3-21,23,25,43-44H2,1-2H3,(H2,45,57)(H2,46,60)(H,47,61)(H,48,58)(H,49,65)(H,50,63)(H,51,64)(H,52,62)/b26-22+/t28-,29-,30-,31-,32-,33-/m0/s1. The third kappa shape index (κ3) is 19.7. The summed E-state index contributed by atoms with van der Waals surface area (Å²) in [5, 5.41) is 24.0. The Morgan fingerprint density at radius 2 is 1.54 bits per heavy atom. The zero-order chi connectivity index (χ0) is 49.3. The van der Waals surface area contributed by atoms with Crippen molar-refractivity contribution in [1.29, 1.82) is 0 Å². The highest BCUT2D eigenvalue weighted by Crippen LogP contribution is 2.18. The number of nitrogens with zero attached hydrogens (tertiary/aromatic N) is 4. The normalized spacial score (nSPS) is 23.4. The Kier molecular flexibility index (Phi) is 24.2. The van der Waals surface area contributed by atoms with Crippen LogP contribution in [0.15, 0.2) is 18.0 Å². The number of carbonyl (C=O) groups excluding carboxylic acids is 9. The zero-order valence-corrected chi connectivity index (χ0v) is 38.6. The molecule has 2 bridgehead atoms. The summed E-state index contributed by atoms with van der Waals surface area (Å²) in [5.74, 6) is -6.68. The van der Waals surface area contributed by atoms with E-state index in [1.54, 1.807) is 13.1 Å². The van der Waals surface area contributed by atoms with Crippen LogP contribution in [-0.2, 0) is 65.6 Å².